The first-order chi connectivity index (χ1) is 10.2. The molecule has 2 rings (SSSR count). The van der Waals surface area contributed by atoms with Crippen LogP contribution >= 0.6 is 0 Å². The van der Waals surface area contributed by atoms with Crippen molar-refractivity contribution in [3.8, 4) is 11.8 Å². The van der Waals surface area contributed by atoms with Crippen molar-refractivity contribution in [1.29, 1.82) is 5.26 Å². The van der Waals surface area contributed by atoms with Crippen LogP contribution in [0, 0.1) is 11.3 Å². The number of ether oxygens (including phenoxy) is 1. The Labute approximate surface area is 126 Å². The molecule has 0 radical (unpaired) electrons. The van der Waals surface area contributed by atoms with E-state index in [4.69, 9.17) is 10.00 Å². The van der Waals surface area contributed by atoms with Gasteiger partial charge in [-0.1, -0.05) is 31.2 Å². The highest BCUT2D eigenvalue weighted by Gasteiger charge is 2.05. The van der Waals surface area contributed by atoms with Crippen molar-refractivity contribution < 1.29 is 4.74 Å². The molecular weight excluding hydrogens is 260 g/mol. The van der Waals surface area contributed by atoms with E-state index in [1.54, 1.807) is 0 Å². The first kappa shape index (κ1) is 14.9. The Morgan fingerprint density at radius 2 is 1.76 bits per heavy atom. The number of rotatable bonds is 6. The summed E-state index contributed by atoms with van der Waals surface area (Å²) in [5.74, 6) is 0.710. The largest absolute Gasteiger partial charge is 0.479 e. The Hall–Kier alpha value is -2.47. The van der Waals surface area contributed by atoms with Crippen LogP contribution < -0.4 is 10.1 Å². The van der Waals surface area contributed by atoms with E-state index >= 15 is 0 Å². The molecule has 0 fully saturated rings. The minimum absolute atomic E-state index is 0.0763. The predicted molar refractivity (Wildman–Crippen MR) is 85.4 cm³/mol. The zero-order chi connectivity index (χ0) is 15.1. The molecule has 0 saturated carbocycles. The molecule has 1 atom stereocenters. The van der Waals surface area contributed by atoms with Gasteiger partial charge in [-0.15, -0.1) is 0 Å². The number of aryl methyl sites for hydroxylation is 1. The average molecular weight is 280 g/mol. The van der Waals surface area contributed by atoms with Gasteiger partial charge in [-0.3, -0.25) is 0 Å². The Morgan fingerprint density at radius 1 is 1.10 bits per heavy atom. The van der Waals surface area contributed by atoms with E-state index in [0.29, 0.717) is 5.75 Å². The van der Waals surface area contributed by atoms with Gasteiger partial charge in [0.25, 0.3) is 0 Å². The highest BCUT2D eigenvalue weighted by molar-refractivity contribution is 5.48. The number of hydrogen-bond acceptors (Lipinski definition) is 3. The van der Waals surface area contributed by atoms with E-state index in [9.17, 15) is 0 Å². The van der Waals surface area contributed by atoms with Crippen LogP contribution in [0.4, 0.5) is 5.69 Å². The quantitative estimate of drug-likeness (QED) is 0.856. The minimum atomic E-state index is 0.0763. The lowest BCUT2D eigenvalue weighted by molar-refractivity contribution is 0.368. The summed E-state index contributed by atoms with van der Waals surface area (Å²) in [6.45, 7) is 4.38. The van der Waals surface area contributed by atoms with Gasteiger partial charge in [0.2, 0.25) is 0 Å². The number of nitrogens with one attached hydrogen (secondary N) is 1. The molecule has 0 heterocycles. The lowest BCUT2D eigenvalue weighted by atomic mass is 10.0. The van der Waals surface area contributed by atoms with Gasteiger partial charge in [-0.25, -0.2) is 0 Å². The second-order valence-electron chi connectivity index (χ2n) is 4.93. The molecule has 2 aromatic rings. The van der Waals surface area contributed by atoms with Crippen molar-refractivity contribution in [1.82, 2.24) is 0 Å². The van der Waals surface area contributed by atoms with E-state index in [1.807, 2.05) is 30.3 Å². The molecule has 21 heavy (non-hydrogen) atoms. The van der Waals surface area contributed by atoms with Gasteiger partial charge in [-0.2, -0.15) is 5.26 Å². The van der Waals surface area contributed by atoms with Gasteiger partial charge in [0.05, 0.1) is 0 Å². The summed E-state index contributed by atoms with van der Waals surface area (Å²) >= 11 is 0. The number of hydrogen-bond donors (Lipinski definition) is 1. The number of benzene rings is 2. The molecule has 0 saturated heterocycles. The van der Waals surface area contributed by atoms with Gasteiger partial charge in [0.1, 0.15) is 11.8 Å². The third-order valence-electron chi connectivity index (χ3n) is 3.43. The topological polar surface area (TPSA) is 45.0 Å². The van der Waals surface area contributed by atoms with Gasteiger partial charge < -0.3 is 10.1 Å². The van der Waals surface area contributed by atoms with Gasteiger partial charge in [0, 0.05) is 11.7 Å². The fourth-order valence-electron chi connectivity index (χ4n) is 2.14. The summed E-state index contributed by atoms with van der Waals surface area (Å²) in [6, 6.07) is 18.5. The number of nitriles is 1. The molecule has 108 valence electrons. The van der Waals surface area contributed by atoms with Crippen LogP contribution in [0.5, 0.6) is 5.75 Å². The van der Waals surface area contributed by atoms with Crippen LogP contribution in [0.15, 0.2) is 48.5 Å². The maximum atomic E-state index is 8.48. The lowest BCUT2D eigenvalue weighted by Gasteiger charge is -2.16. The standard InChI is InChI=1S/C18H20N2O/c1-3-15-4-6-16(7-5-15)14(2)20-17-8-10-18(11-9-17)21-13-12-19/h4-11,14,20H,3,13H2,1-2H3. The summed E-state index contributed by atoms with van der Waals surface area (Å²) in [7, 11) is 0. The van der Waals surface area contributed by atoms with E-state index in [0.717, 1.165) is 12.1 Å². The predicted octanol–water partition coefficient (Wildman–Crippen LogP) is 4.32. The smallest absolute Gasteiger partial charge is 0.174 e. The Kier molecular flexibility index (Phi) is 5.22. The van der Waals surface area contributed by atoms with Crippen molar-refractivity contribution in [3.63, 3.8) is 0 Å². The van der Waals surface area contributed by atoms with Crippen LogP contribution in [0.3, 0.4) is 0 Å². The SMILES string of the molecule is CCc1ccc(C(C)Nc2ccc(OCC#N)cc2)cc1. The third-order valence-corrected chi connectivity index (χ3v) is 3.43. The van der Waals surface area contributed by atoms with Crippen molar-refractivity contribution in [2.45, 2.75) is 26.3 Å². The maximum absolute atomic E-state index is 8.48. The fraction of sp³-hybridized carbons (Fsp3) is 0.278. The van der Waals surface area contributed by atoms with Crippen LogP contribution in [0.25, 0.3) is 0 Å². The molecule has 0 amide bonds. The highest BCUT2D eigenvalue weighted by Crippen LogP contribution is 2.22. The van der Waals surface area contributed by atoms with Crippen molar-refractivity contribution in [2.75, 3.05) is 11.9 Å². The van der Waals surface area contributed by atoms with E-state index in [2.05, 4.69) is 43.4 Å². The molecule has 0 aromatic heterocycles. The van der Waals surface area contributed by atoms with Crippen LogP contribution in [0.1, 0.15) is 31.0 Å². The first-order valence-electron chi connectivity index (χ1n) is 7.18. The Bertz CT molecular complexity index is 597. The molecule has 2 aromatic carbocycles. The molecule has 0 aliphatic heterocycles. The zero-order valence-electron chi connectivity index (χ0n) is 12.5. The summed E-state index contributed by atoms with van der Waals surface area (Å²) in [6.07, 6.45) is 1.06. The minimum Gasteiger partial charge on any atom is -0.479 e. The highest BCUT2D eigenvalue weighted by atomic mass is 16.5. The molecule has 1 N–H and O–H groups in total. The van der Waals surface area contributed by atoms with E-state index < -0.39 is 0 Å². The van der Waals surface area contributed by atoms with E-state index in [1.165, 1.54) is 11.1 Å². The number of anilines is 1. The normalized spacial score (nSPS) is 11.5. The molecule has 0 spiro atoms. The molecule has 3 nitrogen and oxygen atoms in total. The van der Waals surface area contributed by atoms with Gasteiger partial charge in [-0.05, 0) is 48.7 Å². The van der Waals surface area contributed by atoms with Gasteiger partial charge >= 0.3 is 0 Å². The van der Waals surface area contributed by atoms with Crippen molar-refractivity contribution >= 4 is 5.69 Å². The molecular formula is C18H20N2O. The second kappa shape index (κ2) is 7.35. The maximum Gasteiger partial charge on any atom is 0.174 e. The molecule has 0 bridgehead atoms. The summed E-state index contributed by atoms with van der Waals surface area (Å²) in [4.78, 5) is 0. The molecule has 0 aliphatic rings. The monoisotopic (exact) mass is 280 g/mol. The Morgan fingerprint density at radius 3 is 2.33 bits per heavy atom. The fourth-order valence-corrected chi connectivity index (χ4v) is 2.14. The first-order valence-corrected chi connectivity index (χ1v) is 7.18. The van der Waals surface area contributed by atoms with Crippen LogP contribution in [-0.2, 0) is 6.42 Å². The summed E-state index contributed by atoms with van der Waals surface area (Å²) < 4.78 is 5.24. The molecule has 3 heteroatoms. The summed E-state index contributed by atoms with van der Waals surface area (Å²) in [5.41, 5.74) is 3.65. The van der Waals surface area contributed by atoms with E-state index in [-0.39, 0.29) is 12.6 Å². The average Bonchev–Trinajstić information content (AvgIpc) is 2.54. The van der Waals surface area contributed by atoms with Crippen molar-refractivity contribution in [3.05, 3.63) is 59.7 Å². The lowest BCUT2D eigenvalue weighted by Crippen LogP contribution is -2.06. The van der Waals surface area contributed by atoms with Gasteiger partial charge in [0.15, 0.2) is 6.61 Å². The third kappa shape index (κ3) is 4.25. The second-order valence-corrected chi connectivity index (χ2v) is 4.93. The van der Waals surface area contributed by atoms with Crippen molar-refractivity contribution in [2.24, 2.45) is 0 Å². The zero-order valence-corrected chi connectivity index (χ0v) is 12.5. The van der Waals surface area contributed by atoms with Crippen LogP contribution in [0.2, 0.25) is 0 Å². The van der Waals surface area contributed by atoms with Crippen LogP contribution in [-0.4, -0.2) is 6.61 Å². The summed E-state index contributed by atoms with van der Waals surface area (Å²) in [5, 5.41) is 11.9. The molecule has 1 unspecified atom stereocenters. The molecule has 0 aliphatic carbocycles. The Balaban J connectivity index is 1.98. The number of nitrogens with zero attached hydrogens (tertiary/aromatic N) is 1.